The lowest BCUT2D eigenvalue weighted by Gasteiger charge is -2.09. The van der Waals surface area contributed by atoms with E-state index in [1.807, 2.05) is 0 Å². The summed E-state index contributed by atoms with van der Waals surface area (Å²) in [5.41, 5.74) is 5.74. The van der Waals surface area contributed by atoms with Crippen molar-refractivity contribution in [1.29, 1.82) is 0 Å². The van der Waals surface area contributed by atoms with E-state index in [2.05, 4.69) is 17.2 Å². The zero-order chi connectivity index (χ0) is 10.4. The highest BCUT2D eigenvalue weighted by Crippen LogP contribution is 2.03. The van der Waals surface area contributed by atoms with Gasteiger partial charge in [-0.2, -0.15) is 0 Å². The Morgan fingerprint density at radius 1 is 1.57 bits per heavy atom. The van der Waals surface area contributed by atoms with Crippen LogP contribution in [0.1, 0.15) is 19.8 Å². The van der Waals surface area contributed by atoms with E-state index >= 15 is 0 Å². The predicted molar refractivity (Wildman–Crippen MR) is 55.6 cm³/mol. The van der Waals surface area contributed by atoms with Crippen LogP contribution in [0, 0.1) is 5.82 Å². The van der Waals surface area contributed by atoms with Gasteiger partial charge in [0.2, 0.25) is 0 Å². The first-order chi connectivity index (χ1) is 6.72. The molecule has 0 bridgehead atoms. The van der Waals surface area contributed by atoms with Gasteiger partial charge in [-0.05, 0) is 25.0 Å². The molecule has 14 heavy (non-hydrogen) atoms. The van der Waals surface area contributed by atoms with Gasteiger partial charge in [0.05, 0.1) is 6.20 Å². The maximum Gasteiger partial charge on any atom is 0.141 e. The average Bonchev–Trinajstić information content (AvgIpc) is 2.21. The normalized spacial score (nSPS) is 12.5. The summed E-state index contributed by atoms with van der Waals surface area (Å²) in [5.74, 6) is 0.371. The van der Waals surface area contributed by atoms with Gasteiger partial charge in [-0.1, -0.05) is 6.92 Å². The Balaban J connectivity index is 2.28. The zero-order valence-corrected chi connectivity index (χ0v) is 8.33. The number of hydrogen-bond donors (Lipinski definition) is 2. The van der Waals surface area contributed by atoms with Gasteiger partial charge < -0.3 is 11.1 Å². The van der Waals surface area contributed by atoms with E-state index in [1.54, 1.807) is 6.07 Å². The van der Waals surface area contributed by atoms with Gasteiger partial charge in [-0.25, -0.2) is 9.37 Å². The van der Waals surface area contributed by atoms with Crippen LogP contribution in [-0.4, -0.2) is 17.6 Å². The third-order valence-electron chi connectivity index (χ3n) is 2.07. The van der Waals surface area contributed by atoms with Gasteiger partial charge >= 0.3 is 0 Å². The molecule has 1 aromatic heterocycles. The molecule has 3 N–H and O–H groups in total. The summed E-state index contributed by atoms with van der Waals surface area (Å²) in [6, 6.07) is 3.23. The Kier molecular flexibility index (Phi) is 4.32. The molecule has 0 saturated heterocycles. The fourth-order valence-electron chi connectivity index (χ4n) is 1.07. The van der Waals surface area contributed by atoms with Gasteiger partial charge in [0.15, 0.2) is 0 Å². The molecule has 3 nitrogen and oxygen atoms in total. The van der Waals surface area contributed by atoms with Crippen LogP contribution >= 0.6 is 0 Å². The topological polar surface area (TPSA) is 50.9 Å². The summed E-state index contributed by atoms with van der Waals surface area (Å²) in [5, 5.41) is 3.08. The van der Waals surface area contributed by atoms with E-state index < -0.39 is 0 Å². The number of anilines is 1. The number of halogens is 1. The van der Waals surface area contributed by atoms with Crippen molar-refractivity contribution in [3.05, 3.63) is 24.1 Å². The minimum absolute atomic E-state index is 0.225. The van der Waals surface area contributed by atoms with E-state index in [0.717, 1.165) is 19.4 Å². The first-order valence-corrected chi connectivity index (χ1v) is 4.83. The second-order valence-corrected chi connectivity index (χ2v) is 3.25. The summed E-state index contributed by atoms with van der Waals surface area (Å²) < 4.78 is 12.5. The molecule has 0 aliphatic rings. The van der Waals surface area contributed by atoms with Crippen LogP contribution in [0.3, 0.4) is 0 Å². The average molecular weight is 197 g/mol. The maximum atomic E-state index is 12.5. The third kappa shape index (κ3) is 3.70. The van der Waals surface area contributed by atoms with Crippen molar-refractivity contribution in [2.45, 2.75) is 25.8 Å². The van der Waals surface area contributed by atoms with E-state index in [4.69, 9.17) is 5.73 Å². The molecule has 1 unspecified atom stereocenters. The first kappa shape index (κ1) is 10.9. The molecule has 0 saturated carbocycles. The van der Waals surface area contributed by atoms with Crippen molar-refractivity contribution >= 4 is 5.82 Å². The number of nitrogens with one attached hydrogen (secondary N) is 1. The Labute approximate surface area is 83.5 Å². The van der Waals surface area contributed by atoms with E-state index in [9.17, 15) is 4.39 Å². The molecule has 0 aliphatic heterocycles. The molecule has 0 radical (unpaired) electrons. The molecule has 1 heterocycles. The Morgan fingerprint density at radius 2 is 2.36 bits per heavy atom. The van der Waals surface area contributed by atoms with Crippen molar-refractivity contribution < 1.29 is 4.39 Å². The molecule has 0 amide bonds. The number of nitrogens with zero attached hydrogens (tertiary/aromatic N) is 1. The summed E-state index contributed by atoms with van der Waals surface area (Å²) in [7, 11) is 0. The molecule has 1 atom stereocenters. The van der Waals surface area contributed by atoms with Crippen LogP contribution in [0.4, 0.5) is 10.2 Å². The third-order valence-corrected chi connectivity index (χ3v) is 2.07. The summed E-state index contributed by atoms with van der Waals surface area (Å²) >= 11 is 0. The van der Waals surface area contributed by atoms with Crippen LogP contribution in [0.25, 0.3) is 0 Å². The quantitative estimate of drug-likeness (QED) is 0.756. The van der Waals surface area contributed by atoms with E-state index in [1.165, 1.54) is 12.3 Å². The van der Waals surface area contributed by atoms with Gasteiger partial charge in [0.1, 0.15) is 11.6 Å². The predicted octanol–water partition coefficient (Wildman–Crippen LogP) is 1.76. The smallest absolute Gasteiger partial charge is 0.141 e. The summed E-state index contributed by atoms with van der Waals surface area (Å²) in [4.78, 5) is 3.87. The van der Waals surface area contributed by atoms with Crippen molar-refractivity contribution in [1.82, 2.24) is 4.98 Å². The molecule has 0 aromatic carbocycles. The number of hydrogen-bond acceptors (Lipinski definition) is 3. The van der Waals surface area contributed by atoms with E-state index in [-0.39, 0.29) is 11.9 Å². The molecule has 0 fully saturated rings. The van der Waals surface area contributed by atoms with Gasteiger partial charge in [-0.3, -0.25) is 0 Å². The second kappa shape index (κ2) is 5.54. The number of pyridine rings is 1. The van der Waals surface area contributed by atoms with Crippen molar-refractivity contribution in [2.24, 2.45) is 5.73 Å². The Morgan fingerprint density at radius 3 is 2.93 bits per heavy atom. The lowest BCUT2D eigenvalue weighted by Crippen LogP contribution is -2.22. The summed E-state index contributed by atoms with van der Waals surface area (Å²) in [6.45, 7) is 2.83. The lowest BCUT2D eigenvalue weighted by molar-refractivity contribution is 0.611. The van der Waals surface area contributed by atoms with Gasteiger partial charge in [0.25, 0.3) is 0 Å². The summed E-state index contributed by atoms with van der Waals surface area (Å²) in [6.07, 6.45) is 3.07. The first-order valence-electron chi connectivity index (χ1n) is 4.83. The van der Waals surface area contributed by atoms with Crippen molar-refractivity contribution in [3.8, 4) is 0 Å². The highest BCUT2D eigenvalue weighted by molar-refractivity contribution is 5.33. The zero-order valence-electron chi connectivity index (χ0n) is 8.33. The standard InChI is InChI=1S/C10H16FN3/c1-2-9(12)5-6-13-10-4-3-8(11)7-14-10/h3-4,7,9H,2,5-6,12H2,1H3,(H,13,14). The molecular formula is C10H16FN3. The van der Waals surface area contributed by atoms with Crippen LogP contribution in [0.15, 0.2) is 18.3 Å². The molecule has 78 valence electrons. The fourth-order valence-corrected chi connectivity index (χ4v) is 1.07. The number of rotatable bonds is 5. The van der Waals surface area contributed by atoms with Crippen LogP contribution in [0.5, 0.6) is 0 Å². The molecular weight excluding hydrogens is 181 g/mol. The largest absolute Gasteiger partial charge is 0.370 e. The minimum Gasteiger partial charge on any atom is -0.370 e. The number of nitrogens with two attached hydrogens (primary N) is 1. The van der Waals surface area contributed by atoms with E-state index in [0.29, 0.717) is 5.82 Å². The fraction of sp³-hybridized carbons (Fsp3) is 0.500. The molecule has 1 aromatic rings. The van der Waals surface area contributed by atoms with Crippen LogP contribution < -0.4 is 11.1 Å². The van der Waals surface area contributed by atoms with Gasteiger partial charge in [0, 0.05) is 12.6 Å². The number of aromatic nitrogens is 1. The maximum absolute atomic E-state index is 12.5. The highest BCUT2D eigenvalue weighted by Gasteiger charge is 1.98. The van der Waals surface area contributed by atoms with Crippen LogP contribution in [-0.2, 0) is 0 Å². The lowest BCUT2D eigenvalue weighted by atomic mass is 10.2. The molecule has 0 aliphatic carbocycles. The monoisotopic (exact) mass is 197 g/mol. The highest BCUT2D eigenvalue weighted by atomic mass is 19.1. The van der Waals surface area contributed by atoms with Crippen molar-refractivity contribution in [2.75, 3.05) is 11.9 Å². The Bertz CT molecular complexity index is 261. The molecule has 4 heteroatoms. The van der Waals surface area contributed by atoms with Gasteiger partial charge in [-0.15, -0.1) is 0 Å². The van der Waals surface area contributed by atoms with Crippen molar-refractivity contribution in [3.63, 3.8) is 0 Å². The van der Waals surface area contributed by atoms with Crippen LogP contribution in [0.2, 0.25) is 0 Å². The molecule has 1 rings (SSSR count). The molecule has 0 spiro atoms. The minimum atomic E-state index is -0.319. The Hall–Kier alpha value is -1.16. The second-order valence-electron chi connectivity index (χ2n) is 3.25. The SMILES string of the molecule is CCC(N)CCNc1ccc(F)cn1.